The van der Waals surface area contributed by atoms with Gasteiger partial charge in [-0.1, -0.05) is 140 Å². The number of benzene rings is 5. The number of allylic oxidation sites excluding steroid dienone is 2. The van der Waals surface area contributed by atoms with E-state index in [0.29, 0.717) is 0 Å². The SMILES string of the molecule is CCCCc1ccc(C2(c3ccc(Nc4ccc(C)cc4)cc3)C=CC(Nc3ccc(C)cc3)(c3ccccc3)C=C2)cc1. The van der Waals surface area contributed by atoms with Crippen LogP contribution in [0, 0.1) is 13.8 Å². The zero-order chi connectivity index (χ0) is 30.4. The van der Waals surface area contributed by atoms with Crippen molar-refractivity contribution in [3.63, 3.8) is 0 Å². The lowest BCUT2D eigenvalue weighted by Gasteiger charge is -2.39. The summed E-state index contributed by atoms with van der Waals surface area (Å²) in [6, 6.07) is 46.1. The number of unbranched alkanes of at least 4 members (excludes halogenated alkanes) is 1. The first-order valence-electron chi connectivity index (χ1n) is 15.8. The van der Waals surface area contributed by atoms with Crippen molar-refractivity contribution >= 4 is 17.1 Å². The van der Waals surface area contributed by atoms with E-state index in [2.05, 4.69) is 183 Å². The summed E-state index contributed by atoms with van der Waals surface area (Å²) in [5, 5.41) is 7.43. The lowest BCUT2D eigenvalue weighted by atomic mass is 9.68. The monoisotopic (exact) mass is 574 g/mol. The van der Waals surface area contributed by atoms with E-state index < -0.39 is 11.0 Å². The van der Waals surface area contributed by atoms with Crippen LogP contribution < -0.4 is 10.6 Å². The van der Waals surface area contributed by atoms with Crippen LogP contribution in [0.5, 0.6) is 0 Å². The van der Waals surface area contributed by atoms with Crippen molar-refractivity contribution in [2.24, 2.45) is 0 Å². The molecule has 0 spiro atoms. The van der Waals surface area contributed by atoms with E-state index in [1.54, 1.807) is 0 Å². The molecule has 0 heterocycles. The van der Waals surface area contributed by atoms with E-state index in [-0.39, 0.29) is 0 Å². The molecule has 220 valence electrons. The first kappa shape index (κ1) is 29.3. The number of aryl methyl sites for hydroxylation is 3. The molecule has 0 bridgehead atoms. The molecule has 44 heavy (non-hydrogen) atoms. The fraction of sp³-hybridized carbons (Fsp3) is 0.190. The Morgan fingerprint density at radius 2 is 1.00 bits per heavy atom. The molecular weight excluding hydrogens is 532 g/mol. The van der Waals surface area contributed by atoms with Crippen molar-refractivity contribution in [3.05, 3.63) is 185 Å². The minimum atomic E-state index is -0.478. The van der Waals surface area contributed by atoms with Gasteiger partial charge in [-0.15, -0.1) is 0 Å². The van der Waals surface area contributed by atoms with Gasteiger partial charge in [-0.2, -0.15) is 0 Å². The zero-order valence-electron chi connectivity index (χ0n) is 26.1. The molecule has 0 unspecified atom stereocenters. The second-order valence-electron chi connectivity index (χ2n) is 12.1. The number of nitrogens with one attached hydrogen (secondary N) is 2. The van der Waals surface area contributed by atoms with Crippen LogP contribution in [0.15, 0.2) is 152 Å². The van der Waals surface area contributed by atoms with Gasteiger partial charge in [0.15, 0.2) is 0 Å². The maximum absolute atomic E-state index is 3.87. The highest BCUT2D eigenvalue weighted by Crippen LogP contribution is 2.43. The average molecular weight is 575 g/mol. The molecule has 1 aliphatic carbocycles. The van der Waals surface area contributed by atoms with Gasteiger partial charge in [0.25, 0.3) is 0 Å². The van der Waals surface area contributed by atoms with Crippen molar-refractivity contribution in [2.75, 3.05) is 10.6 Å². The van der Waals surface area contributed by atoms with Crippen LogP contribution in [0.25, 0.3) is 0 Å². The molecule has 0 aliphatic heterocycles. The van der Waals surface area contributed by atoms with E-state index >= 15 is 0 Å². The summed E-state index contributed by atoms with van der Waals surface area (Å²) in [6.07, 6.45) is 13.0. The first-order chi connectivity index (χ1) is 21.5. The fourth-order valence-electron chi connectivity index (χ4n) is 6.09. The molecule has 1 aliphatic rings. The molecule has 2 N–H and O–H groups in total. The van der Waals surface area contributed by atoms with Crippen LogP contribution >= 0.6 is 0 Å². The van der Waals surface area contributed by atoms with Gasteiger partial charge in [-0.25, -0.2) is 0 Å². The minimum absolute atomic E-state index is 0.404. The van der Waals surface area contributed by atoms with E-state index in [1.165, 1.54) is 46.2 Å². The van der Waals surface area contributed by atoms with Crippen LogP contribution in [-0.4, -0.2) is 0 Å². The van der Waals surface area contributed by atoms with Crippen molar-refractivity contribution in [2.45, 2.75) is 51.0 Å². The molecule has 0 fully saturated rings. The Balaban J connectivity index is 1.40. The molecule has 0 radical (unpaired) electrons. The van der Waals surface area contributed by atoms with Crippen LogP contribution in [0.2, 0.25) is 0 Å². The number of hydrogen-bond acceptors (Lipinski definition) is 2. The Hall–Kier alpha value is -4.82. The lowest BCUT2D eigenvalue weighted by molar-refractivity contribution is 0.699. The number of rotatable bonds is 10. The third-order valence-electron chi connectivity index (χ3n) is 8.83. The topological polar surface area (TPSA) is 24.1 Å². The predicted octanol–water partition coefficient (Wildman–Crippen LogP) is 10.8. The third-order valence-corrected chi connectivity index (χ3v) is 8.83. The largest absolute Gasteiger partial charge is 0.369 e. The summed E-state index contributed by atoms with van der Waals surface area (Å²) in [5.74, 6) is 0. The molecule has 0 saturated heterocycles. The van der Waals surface area contributed by atoms with E-state index in [1.807, 2.05) is 0 Å². The smallest absolute Gasteiger partial charge is 0.0998 e. The normalized spacial score (nSPS) is 19.1. The van der Waals surface area contributed by atoms with Gasteiger partial charge in [0.1, 0.15) is 0 Å². The predicted molar refractivity (Wildman–Crippen MR) is 188 cm³/mol. The minimum Gasteiger partial charge on any atom is -0.369 e. The number of anilines is 3. The second-order valence-corrected chi connectivity index (χ2v) is 12.1. The second kappa shape index (κ2) is 12.8. The molecule has 2 heteroatoms. The van der Waals surface area contributed by atoms with Crippen LogP contribution in [0.4, 0.5) is 17.1 Å². The van der Waals surface area contributed by atoms with Gasteiger partial charge in [-0.3, -0.25) is 0 Å². The fourth-order valence-corrected chi connectivity index (χ4v) is 6.09. The van der Waals surface area contributed by atoms with Crippen molar-refractivity contribution in [3.8, 4) is 0 Å². The van der Waals surface area contributed by atoms with E-state index in [9.17, 15) is 0 Å². The van der Waals surface area contributed by atoms with Crippen LogP contribution in [-0.2, 0) is 17.4 Å². The quantitative estimate of drug-likeness (QED) is 0.162. The summed E-state index contributed by atoms with van der Waals surface area (Å²) in [4.78, 5) is 0. The van der Waals surface area contributed by atoms with E-state index in [4.69, 9.17) is 0 Å². The Morgan fingerprint density at radius 1 is 0.500 bits per heavy atom. The van der Waals surface area contributed by atoms with Crippen molar-refractivity contribution < 1.29 is 0 Å². The first-order valence-corrected chi connectivity index (χ1v) is 15.8. The summed E-state index contributed by atoms with van der Waals surface area (Å²) in [5.41, 5.74) is 9.98. The third kappa shape index (κ3) is 6.26. The highest BCUT2D eigenvalue weighted by Gasteiger charge is 2.37. The van der Waals surface area contributed by atoms with Gasteiger partial charge in [-0.05, 0) is 85.3 Å². The van der Waals surface area contributed by atoms with Crippen molar-refractivity contribution in [1.82, 2.24) is 0 Å². The summed E-state index contributed by atoms with van der Waals surface area (Å²) >= 11 is 0. The Kier molecular flexibility index (Phi) is 8.52. The highest BCUT2D eigenvalue weighted by atomic mass is 15.0. The van der Waals surface area contributed by atoms with Crippen LogP contribution in [0.1, 0.15) is 53.1 Å². The van der Waals surface area contributed by atoms with Crippen LogP contribution in [0.3, 0.4) is 0 Å². The Bertz CT molecular complexity index is 1700. The molecule has 5 aromatic rings. The average Bonchev–Trinajstić information content (AvgIpc) is 3.07. The molecule has 0 aromatic heterocycles. The molecular formula is C42H42N2. The standard InChI is InChI=1S/C42H42N2/c1-4-5-9-34-16-18-35(19-17-34)41(36-20-26-39(27-21-36)43-38-22-12-32(2)13-23-38)28-30-42(31-29-41,37-10-7-6-8-11-37)44-40-24-14-33(3)15-25-40/h6-8,10-31,43-44H,4-5,9H2,1-3H3. The van der Waals surface area contributed by atoms with Gasteiger partial charge in [0.05, 0.1) is 11.0 Å². The maximum atomic E-state index is 3.87. The summed E-state index contributed by atoms with van der Waals surface area (Å²) in [7, 11) is 0. The summed E-state index contributed by atoms with van der Waals surface area (Å²) < 4.78 is 0. The molecule has 0 amide bonds. The molecule has 5 aromatic carbocycles. The molecule has 0 saturated carbocycles. The van der Waals surface area contributed by atoms with Gasteiger partial charge in [0.2, 0.25) is 0 Å². The molecule has 2 nitrogen and oxygen atoms in total. The highest BCUT2D eigenvalue weighted by molar-refractivity contribution is 5.64. The van der Waals surface area contributed by atoms with E-state index in [0.717, 1.165) is 23.5 Å². The molecule has 6 rings (SSSR count). The number of hydrogen-bond donors (Lipinski definition) is 2. The van der Waals surface area contributed by atoms with Crippen molar-refractivity contribution in [1.29, 1.82) is 0 Å². The Labute approximate surface area is 263 Å². The van der Waals surface area contributed by atoms with Gasteiger partial charge < -0.3 is 10.6 Å². The molecule has 0 atom stereocenters. The summed E-state index contributed by atoms with van der Waals surface area (Å²) in [6.45, 7) is 6.49. The zero-order valence-corrected chi connectivity index (χ0v) is 26.1. The maximum Gasteiger partial charge on any atom is 0.0998 e. The van der Waals surface area contributed by atoms with Gasteiger partial charge in [0, 0.05) is 17.1 Å². The Morgan fingerprint density at radius 3 is 1.55 bits per heavy atom. The lowest BCUT2D eigenvalue weighted by Crippen LogP contribution is -2.37. The van der Waals surface area contributed by atoms with Gasteiger partial charge >= 0.3 is 0 Å².